The van der Waals surface area contributed by atoms with Crippen LogP contribution in [0, 0.1) is 5.92 Å². The fraction of sp³-hybridized carbons (Fsp3) is 0.867. The summed E-state index contributed by atoms with van der Waals surface area (Å²) in [4.78, 5) is 26.2. The van der Waals surface area contributed by atoms with Gasteiger partial charge in [0.2, 0.25) is 11.8 Å². The van der Waals surface area contributed by atoms with Crippen LogP contribution >= 0.6 is 0 Å². The number of aliphatic hydroxyl groups excluding tert-OH is 1. The number of nitrogens with one attached hydrogen (secondary N) is 1. The number of hydrogen-bond acceptors (Lipinski definition) is 3. The lowest BCUT2D eigenvalue weighted by atomic mass is 9.99. The molecule has 1 aliphatic rings. The fourth-order valence-corrected chi connectivity index (χ4v) is 2.48. The Labute approximate surface area is 121 Å². The van der Waals surface area contributed by atoms with E-state index in [-0.39, 0.29) is 36.4 Å². The Morgan fingerprint density at radius 3 is 2.65 bits per heavy atom. The molecule has 0 aromatic rings. The molecule has 0 bridgehead atoms. The number of rotatable bonds is 6. The summed E-state index contributed by atoms with van der Waals surface area (Å²) >= 11 is 0. The Morgan fingerprint density at radius 2 is 2.05 bits per heavy atom. The van der Waals surface area contributed by atoms with Gasteiger partial charge in [0.15, 0.2) is 0 Å². The fourth-order valence-electron chi connectivity index (χ4n) is 2.48. The van der Waals surface area contributed by atoms with Crippen LogP contribution in [0.4, 0.5) is 0 Å². The van der Waals surface area contributed by atoms with Crippen molar-refractivity contribution in [3.63, 3.8) is 0 Å². The molecule has 1 fully saturated rings. The van der Waals surface area contributed by atoms with Gasteiger partial charge in [0, 0.05) is 25.6 Å². The van der Waals surface area contributed by atoms with Gasteiger partial charge in [0.05, 0.1) is 0 Å². The molecular weight excluding hydrogens is 256 g/mol. The van der Waals surface area contributed by atoms with Gasteiger partial charge in [-0.05, 0) is 38.5 Å². The first-order valence-corrected chi connectivity index (χ1v) is 7.72. The Hall–Kier alpha value is -1.10. The van der Waals surface area contributed by atoms with Crippen molar-refractivity contribution >= 4 is 11.8 Å². The summed E-state index contributed by atoms with van der Waals surface area (Å²) in [5.41, 5.74) is 0. The van der Waals surface area contributed by atoms with Gasteiger partial charge < -0.3 is 15.3 Å². The van der Waals surface area contributed by atoms with Crippen LogP contribution in [0.3, 0.4) is 0 Å². The van der Waals surface area contributed by atoms with Crippen LogP contribution in [0.5, 0.6) is 0 Å². The average molecular weight is 284 g/mol. The highest BCUT2D eigenvalue weighted by molar-refractivity contribution is 5.88. The Kier molecular flexibility index (Phi) is 6.99. The first-order valence-electron chi connectivity index (χ1n) is 7.72. The second kappa shape index (κ2) is 8.25. The minimum Gasteiger partial charge on any atom is -0.396 e. The van der Waals surface area contributed by atoms with Crippen molar-refractivity contribution in [3.8, 4) is 0 Å². The van der Waals surface area contributed by atoms with Crippen LogP contribution in [0.15, 0.2) is 0 Å². The van der Waals surface area contributed by atoms with Crippen LogP contribution in [-0.2, 0) is 9.59 Å². The van der Waals surface area contributed by atoms with Crippen molar-refractivity contribution in [3.05, 3.63) is 0 Å². The number of carbonyl (C=O) groups excluding carboxylic acids is 2. The molecule has 3 unspecified atom stereocenters. The monoisotopic (exact) mass is 284 g/mol. The molecule has 0 saturated carbocycles. The molecule has 1 aliphatic heterocycles. The second-order valence-electron chi connectivity index (χ2n) is 5.81. The lowest BCUT2D eigenvalue weighted by molar-refractivity contribution is -0.142. The summed E-state index contributed by atoms with van der Waals surface area (Å²) in [5.74, 6) is 0.0134. The van der Waals surface area contributed by atoms with Gasteiger partial charge in [-0.15, -0.1) is 0 Å². The zero-order valence-corrected chi connectivity index (χ0v) is 12.9. The molecule has 5 nitrogen and oxygen atoms in total. The van der Waals surface area contributed by atoms with Crippen molar-refractivity contribution < 1.29 is 14.7 Å². The quantitative estimate of drug-likeness (QED) is 0.772. The molecule has 0 radical (unpaired) electrons. The largest absolute Gasteiger partial charge is 0.396 e. The number of carbonyl (C=O) groups is 2. The van der Waals surface area contributed by atoms with Crippen molar-refractivity contribution in [2.45, 2.75) is 65.0 Å². The third kappa shape index (κ3) is 4.47. The molecule has 0 spiro atoms. The van der Waals surface area contributed by atoms with E-state index in [2.05, 4.69) is 5.32 Å². The summed E-state index contributed by atoms with van der Waals surface area (Å²) in [7, 11) is 0. The van der Waals surface area contributed by atoms with Crippen LogP contribution in [0.25, 0.3) is 0 Å². The first kappa shape index (κ1) is 17.0. The lowest BCUT2D eigenvalue weighted by Crippen LogP contribution is -2.54. The van der Waals surface area contributed by atoms with Crippen molar-refractivity contribution in [1.82, 2.24) is 10.2 Å². The van der Waals surface area contributed by atoms with E-state index in [4.69, 9.17) is 5.11 Å². The van der Waals surface area contributed by atoms with Crippen LogP contribution in [0.2, 0.25) is 0 Å². The summed E-state index contributed by atoms with van der Waals surface area (Å²) in [6, 6.07) is -0.423. The number of hydrogen-bond donors (Lipinski definition) is 2. The average Bonchev–Trinajstić information content (AvgIpc) is 2.46. The minimum absolute atomic E-state index is 0.0160. The van der Waals surface area contributed by atoms with Crippen LogP contribution in [-0.4, -0.2) is 47.1 Å². The zero-order valence-electron chi connectivity index (χ0n) is 12.9. The predicted octanol–water partition coefficient (Wildman–Crippen LogP) is 1.30. The SMILES string of the molecule is CCCC(=O)N1CCCCC1C(=O)NC(C)C(C)CO. The molecule has 2 N–H and O–H groups in total. The molecule has 3 atom stereocenters. The summed E-state index contributed by atoms with van der Waals surface area (Å²) in [6.07, 6.45) is 4.01. The number of amides is 2. The maximum atomic E-state index is 12.4. The smallest absolute Gasteiger partial charge is 0.243 e. The third-order valence-corrected chi connectivity index (χ3v) is 4.10. The van der Waals surface area contributed by atoms with Crippen molar-refractivity contribution in [1.29, 1.82) is 0 Å². The normalized spacial score (nSPS) is 22.2. The standard InChI is InChI=1S/C15H28N2O3/c1-4-7-14(19)17-9-6-5-8-13(17)15(20)16-12(3)11(2)10-18/h11-13,18H,4-10H2,1-3H3,(H,16,20). The van der Waals surface area contributed by atoms with E-state index in [1.165, 1.54) is 0 Å². The van der Waals surface area contributed by atoms with Gasteiger partial charge >= 0.3 is 0 Å². The molecular formula is C15H28N2O3. The van der Waals surface area contributed by atoms with Gasteiger partial charge in [0.1, 0.15) is 6.04 Å². The topological polar surface area (TPSA) is 69.6 Å². The molecule has 1 rings (SSSR count). The molecule has 0 aromatic heterocycles. The molecule has 116 valence electrons. The zero-order chi connectivity index (χ0) is 15.1. The maximum absolute atomic E-state index is 12.4. The van der Waals surface area contributed by atoms with Crippen molar-refractivity contribution in [2.75, 3.05) is 13.2 Å². The number of likely N-dealkylation sites (tertiary alicyclic amines) is 1. The van der Waals surface area contributed by atoms with E-state index in [9.17, 15) is 9.59 Å². The van der Waals surface area contributed by atoms with E-state index < -0.39 is 0 Å². The molecule has 0 aliphatic carbocycles. The van der Waals surface area contributed by atoms with Gasteiger partial charge in [-0.1, -0.05) is 13.8 Å². The Balaban J connectivity index is 2.65. The molecule has 0 aromatic carbocycles. The second-order valence-corrected chi connectivity index (χ2v) is 5.81. The van der Waals surface area contributed by atoms with Gasteiger partial charge in [-0.3, -0.25) is 9.59 Å². The highest BCUT2D eigenvalue weighted by Crippen LogP contribution is 2.19. The summed E-state index contributed by atoms with van der Waals surface area (Å²) in [6.45, 7) is 6.49. The minimum atomic E-state index is -0.337. The molecule has 5 heteroatoms. The van der Waals surface area contributed by atoms with Gasteiger partial charge in [-0.2, -0.15) is 0 Å². The predicted molar refractivity (Wildman–Crippen MR) is 78.1 cm³/mol. The number of nitrogens with zero attached hydrogens (tertiary/aromatic N) is 1. The van der Waals surface area contributed by atoms with E-state index >= 15 is 0 Å². The van der Waals surface area contributed by atoms with Crippen LogP contribution in [0.1, 0.15) is 52.9 Å². The van der Waals surface area contributed by atoms with Gasteiger partial charge in [-0.25, -0.2) is 0 Å². The highest BCUT2D eigenvalue weighted by Gasteiger charge is 2.32. The van der Waals surface area contributed by atoms with E-state index in [0.717, 1.165) is 25.7 Å². The Morgan fingerprint density at radius 1 is 1.35 bits per heavy atom. The summed E-state index contributed by atoms with van der Waals surface area (Å²) in [5, 5.41) is 12.1. The third-order valence-electron chi connectivity index (χ3n) is 4.10. The Bertz CT molecular complexity index is 333. The van der Waals surface area contributed by atoms with E-state index in [1.54, 1.807) is 4.90 Å². The molecule has 1 heterocycles. The van der Waals surface area contributed by atoms with E-state index in [0.29, 0.717) is 13.0 Å². The molecule has 20 heavy (non-hydrogen) atoms. The van der Waals surface area contributed by atoms with Gasteiger partial charge in [0.25, 0.3) is 0 Å². The number of piperidine rings is 1. The molecule has 1 saturated heterocycles. The van der Waals surface area contributed by atoms with Crippen molar-refractivity contribution in [2.24, 2.45) is 5.92 Å². The molecule has 2 amide bonds. The highest BCUT2D eigenvalue weighted by atomic mass is 16.3. The first-order chi connectivity index (χ1) is 9.51. The van der Waals surface area contributed by atoms with Crippen LogP contribution < -0.4 is 5.32 Å². The lowest BCUT2D eigenvalue weighted by Gasteiger charge is -2.35. The summed E-state index contributed by atoms with van der Waals surface area (Å²) < 4.78 is 0. The number of aliphatic hydroxyl groups is 1. The van der Waals surface area contributed by atoms with E-state index in [1.807, 2.05) is 20.8 Å². The maximum Gasteiger partial charge on any atom is 0.243 e.